The highest BCUT2D eigenvalue weighted by Gasteiger charge is 2.30. The second kappa shape index (κ2) is 10.6. The molecule has 2 aromatic heterocycles. The van der Waals surface area contributed by atoms with E-state index in [4.69, 9.17) is 9.72 Å². The first-order chi connectivity index (χ1) is 17.9. The van der Waals surface area contributed by atoms with E-state index in [-0.39, 0.29) is 11.6 Å². The molecular weight excluding hydrogens is 468 g/mol. The zero-order chi connectivity index (χ0) is 25.9. The number of hydrogen-bond acceptors (Lipinski definition) is 8. The summed E-state index contributed by atoms with van der Waals surface area (Å²) in [6.45, 7) is 7.29. The summed E-state index contributed by atoms with van der Waals surface area (Å²) in [6.07, 6.45) is 6.11. The Kier molecular flexibility index (Phi) is 7.14. The van der Waals surface area contributed by atoms with Crippen LogP contribution in [0.25, 0.3) is 0 Å². The number of hydrogen-bond donors (Lipinski definition) is 1. The number of anilines is 2. The number of piperidine rings is 1. The first-order valence-electron chi connectivity index (χ1n) is 12.7. The third-order valence-corrected chi connectivity index (χ3v) is 7.11. The number of likely N-dealkylation sites (tertiary alicyclic amines) is 1. The fraction of sp³-hybridized carbons (Fsp3) is 0.393. The van der Waals surface area contributed by atoms with Crippen LogP contribution in [0.5, 0.6) is 0 Å². The number of fused-ring (bicyclic) bond motifs is 1. The zero-order valence-corrected chi connectivity index (χ0v) is 21.5. The van der Waals surface area contributed by atoms with Gasteiger partial charge in [0.2, 0.25) is 5.95 Å². The lowest BCUT2D eigenvalue weighted by Crippen LogP contribution is -2.48. The highest BCUT2D eigenvalue weighted by atomic mass is 16.5. The van der Waals surface area contributed by atoms with E-state index in [2.05, 4.69) is 52.2 Å². The number of benzene rings is 1. The summed E-state index contributed by atoms with van der Waals surface area (Å²) in [5, 5.41) is 3.35. The van der Waals surface area contributed by atoms with E-state index in [0.717, 1.165) is 43.7 Å². The van der Waals surface area contributed by atoms with Crippen molar-refractivity contribution in [1.29, 1.82) is 0 Å². The molecule has 2 aliphatic rings. The molecule has 5 rings (SSSR count). The Labute approximate surface area is 216 Å². The third-order valence-electron chi connectivity index (χ3n) is 7.11. The van der Waals surface area contributed by atoms with Gasteiger partial charge in [0, 0.05) is 67.8 Å². The second-order valence-corrected chi connectivity index (χ2v) is 9.83. The van der Waals surface area contributed by atoms with Crippen molar-refractivity contribution in [1.82, 2.24) is 24.8 Å². The molecule has 0 atom stereocenters. The lowest BCUT2D eigenvalue weighted by atomic mass is 9.98. The van der Waals surface area contributed by atoms with E-state index in [1.165, 1.54) is 36.1 Å². The molecule has 0 radical (unpaired) electrons. The molecule has 0 bridgehead atoms. The third kappa shape index (κ3) is 5.61. The fourth-order valence-electron chi connectivity index (χ4n) is 5.28. The number of carbonyl (C=O) groups is 2. The maximum absolute atomic E-state index is 13.0. The largest absolute Gasteiger partial charge is 0.464 e. The topological polar surface area (TPSA) is 101 Å². The lowest BCUT2D eigenvalue weighted by molar-refractivity contribution is 0.0593. The molecule has 4 heterocycles. The Morgan fingerprint density at radius 2 is 1.78 bits per heavy atom. The number of aromatic nitrogens is 3. The highest BCUT2D eigenvalue weighted by Crippen LogP contribution is 2.26. The average Bonchev–Trinajstić information content (AvgIpc) is 2.91. The smallest absolute Gasteiger partial charge is 0.356 e. The summed E-state index contributed by atoms with van der Waals surface area (Å²) in [7, 11) is 1.30. The van der Waals surface area contributed by atoms with Crippen molar-refractivity contribution in [2.24, 2.45) is 0 Å². The van der Waals surface area contributed by atoms with Gasteiger partial charge >= 0.3 is 5.97 Å². The van der Waals surface area contributed by atoms with Crippen LogP contribution < -0.4 is 5.32 Å². The second-order valence-electron chi connectivity index (χ2n) is 9.83. The number of nitrogens with zero attached hydrogens (tertiary/aromatic N) is 5. The molecule has 0 unspecified atom stereocenters. The Morgan fingerprint density at radius 1 is 1.03 bits per heavy atom. The Bertz CT molecular complexity index is 1300. The van der Waals surface area contributed by atoms with Gasteiger partial charge in [-0.2, -0.15) is 0 Å². The maximum Gasteiger partial charge on any atom is 0.356 e. The summed E-state index contributed by atoms with van der Waals surface area (Å²) in [4.78, 5) is 42.5. The summed E-state index contributed by atoms with van der Waals surface area (Å²) in [6, 6.07) is 9.90. The molecule has 9 nitrogen and oxygen atoms in total. The predicted molar refractivity (Wildman–Crippen MR) is 140 cm³/mol. The number of methoxy groups -OCH3 is 1. The van der Waals surface area contributed by atoms with Crippen LogP contribution in [0, 0.1) is 13.8 Å². The van der Waals surface area contributed by atoms with Gasteiger partial charge in [0.05, 0.1) is 12.8 Å². The predicted octanol–water partition coefficient (Wildman–Crippen LogP) is 3.68. The number of nitrogens with one attached hydrogen (secondary N) is 1. The molecule has 3 aromatic rings. The molecule has 1 amide bonds. The number of carbonyl (C=O) groups excluding carboxylic acids is 2. The molecule has 0 spiro atoms. The van der Waals surface area contributed by atoms with Gasteiger partial charge in [-0.1, -0.05) is 6.07 Å². The van der Waals surface area contributed by atoms with Gasteiger partial charge in [0.15, 0.2) is 0 Å². The van der Waals surface area contributed by atoms with Crippen LogP contribution in [-0.4, -0.2) is 69.4 Å². The summed E-state index contributed by atoms with van der Waals surface area (Å²) in [5.41, 5.74) is 6.29. The van der Waals surface area contributed by atoms with E-state index in [9.17, 15) is 9.59 Å². The van der Waals surface area contributed by atoms with Crippen LogP contribution in [-0.2, 0) is 17.7 Å². The van der Waals surface area contributed by atoms with Crippen LogP contribution in [0.2, 0.25) is 0 Å². The molecule has 192 valence electrons. The standard InChI is InChI=1S/C28H32N6O3/c1-18-12-19(2)14-22(13-18)31-28-30-16-21-17-34(11-7-24(21)32-28)23-5-9-33(10-6-23)26(35)20-4-8-29-25(15-20)27(36)37-3/h4,8,12-16,23H,5-7,9-11,17H2,1-3H3,(H,30,31,32). The lowest BCUT2D eigenvalue weighted by Gasteiger charge is -2.40. The van der Waals surface area contributed by atoms with Gasteiger partial charge in [0.25, 0.3) is 5.91 Å². The van der Waals surface area contributed by atoms with Crippen LogP contribution >= 0.6 is 0 Å². The molecular formula is C28H32N6O3. The molecule has 0 aliphatic carbocycles. The molecule has 37 heavy (non-hydrogen) atoms. The molecule has 1 aromatic carbocycles. The van der Waals surface area contributed by atoms with E-state index in [1.54, 1.807) is 6.07 Å². The molecule has 9 heteroatoms. The van der Waals surface area contributed by atoms with Gasteiger partial charge in [-0.15, -0.1) is 0 Å². The number of pyridine rings is 1. The minimum atomic E-state index is -0.545. The van der Waals surface area contributed by atoms with Gasteiger partial charge in [-0.25, -0.2) is 19.7 Å². The number of esters is 1. The van der Waals surface area contributed by atoms with Gasteiger partial charge in [-0.3, -0.25) is 9.69 Å². The number of rotatable bonds is 5. The van der Waals surface area contributed by atoms with Crippen LogP contribution in [0.3, 0.4) is 0 Å². The van der Waals surface area contributed by atoms with Crippen molar-refractivity contribution in [3.8, 4) is 0 Å². The monoisotopic (exact) mass is 500 g/mol. The Morgan fingerprint density at radius 3 is 2.51 bits per heavy atom. The van der Waals surface area contributed by atoms with E-state index in [0.29, 0.717) is 30.6 Å². The Balaban J connectivity index is 1.18. The molecule has 1 saturated heterocycles. The molecule has 1 N–H and O–H groups in total. The number of aryl methyl sites for hydroxylation is 2. The SMILES string of the molecule is COC(=O)c1cc(C(=O)N2CCC(N3CCc4nc(Nc5cc(C)cc(C)c5)ncc4C3)CC2)ccn1. The maximum atomic E-state index is 13.0. The molecule has 1 fully saturated rings. The molecule has 2 aliphatic heterocycles. The average molecular weight is 501 g/mol. The van der Waals surface area contributed by atoms with Crippen LogP contribution in [0.4, 0.5) is 11.6 Å². The number of amides is 1. The fourth-order valence-corrected chi connectivity index (χ4v) is 5.28. The highest BCUT2D eigenvalue weighted by molar-refractivity contribution is 5.97. The quantitative estimate of drug-likeness (QED) is 0.530. The van der Waals surface area contributed by atoms with Crippen molar-refractivity contribution in [3.05, 3.63) is 76.4 Å². The van der Waals surface area contributed by atoms with Gasteiger partial charge in [0.1, 0.15) is 5.69 Å². The first kappa shape index (κ1) is 24.8. The van der Waals surface area contributed by atoms with Crippen molar-refractivity contribution in [2.45, 2.75) is 45.7 Å². The van der Waals surface area contributed by atoms with Crippen molar-refractivity contribution in [3.63, 3.8) is 0 Å². The zero-order valence-electron chi connectivity index (χ0n) is 21.5. The normalized spacial score (nSPS) is 16.2. The van der Waals surface area contributed by atoms with E-state index in [1.807, 2.05) is 11.1 Å². The Hall–Kier alpha value is -3.85. The first-order valence-corrected chi connectivity index (χ1v) is 12.7. The van der Waals surface area contributed by atoms with Crippen molar-refractivity contribution >= 4 is 23.5 Å². The van der Waals surface area contributed by atoms with E-state index >= 15 is 0 Å². The van der Waals surface area contributed by atoms with Crippen LogP contribution in [0.1, 0.15) is 56.1 Å². The molecule has 0 saturated carbocycles. The summed E-state index contributed by atoms with van der Waals surface area (Å²) >= 11 is 0. The number of ether oxygens (including phenoxy) is 1. The van der Waals surface area contributed by atoms with Gasteiger partial charge < -0.3 is 15.0 Å². The van der Waals surface area contributed by atoms with Gasteiger partial charge in [-0.05, 0) is 62.1 Å². The summed E-state index contributed by atoms with van der Waals surface area (Å²) in [5.74, 6) is 0.0126. The van der Waals surface area contributed by atoms with E-state index < -0.39 is 5.97 Å². The van der Waals surface area contributed by atoms with Crippen molar-refractivity contribution in [2.75, 3.05) is 32.1 Å². The van der Waals surface area contributed by atoms with Crippen LogP contribution in [0.15, 0.2) is 42.7 Å². The minimum absolute atomic E-state index is 0.0766. The van der Waals surface area contributed by atoms with Crippen molar-refractivity contribution < 1.29 is 14.3 Å². The summed E-state index contributed by atoms with van der Waals surface area (Å²) < 4.78 is 4.72. The minimum Gasteiger partial charge on any atom is -0.464 e.